The smallest absolute Gasteiger partial charge is 0.306 e. The molecule has 0 spiro atoms. The van der Waals surface area contributed by atoms with Gasteiger partial charge in [-0.15, -0.1) is 0 Å². The highest BCUT2D eigenvalue weighted by molar-refractivity contribution is 5.71. The first-order chi connectivity index (χ1) is 28.0. The van der Waals surface area contributed by atoms with Crippen LogP contribution in [0.4, 0.5) is 0 Å². The summed E-state index contributed by atoms with van der Waals surface area (Å²) in [5, 5.41) is 0. The number of esters is 3. The van der Waals surface area contributed by atoms with E-state index in [4.69, 9.17) is 14.2 Å². The lowest BCUT2D eigenvalue weighted by Gasteiger charge is -2.18. The van der Waals surface area contributed by atoms with Crippen molar-refractivity contribution in [3.8, 4) is 0 Å². The molecule has 6 heteroatoms. The Morgan fingerprint density at radius 1 is 0.333 bits per heavy atom. The Bertz CT molecular complexity index is 798. The van der Waals surface area contributed by atoms with Crippen molar-refractivity contribution in [3.63, 3.8) is 0 Å². The fraction of sp³-hybridized carbons (Fsp3) is 0.941. The maximum Gasteiger partial charge on any atom is 0.306 e. The van der Waals surface area contributed by atoms with Crippen LogP contribution in [0.15, 0.2) is 0 Å². The Balaban J connectivity index is 4.31. The summed E-state index contributed by atoms with van der Waals surface area (Å²) < 4.78 is 16.8. The first-order valence-corrected chi connectivity index (χ1v) is 25.5. The molecule has 57 heavy (non-hydrogen) atoms. The first-order valence-electron chi connectivity index (χ1n) is 25.5. The third-order valence-electron chi connectivity index (χ3n) is 11.6. The fourth-order valence-electron chi connectivity index (χ4n) is 7.74. The summed E-state index contributed by atoms with van der Waals surface area (Å²) in [4.78, 5) is 37.9. The highest BCUT2D eigenvalue weighted by Crippen LogP contribution is 2.16. The molecular formula is C51H98O6. The number of rotatable bonds is 47. The number of unbranched alkanes of at least 4 members (excludes halogenated alkanes) is 36. The minimum atomic E-state index is -0.759. The van der Waals surface area contributed by atoms with Crippen LogP contribution in [0.25, 0.3) is 0 Å². The topological polar surface area (TPSA) is 78.9 Å². The zero-order chi connectivity index (χ0) is 41.5. The molecule has 0 aromatic rings. The highest BCUT2D eigenvalue weighted by atomic mass is 16.6. The Morgan fingerprint density at radius 2 is 0.561 bits per heavy atom. The van der Waals surface area contributed by atoms with Gasteiger partial charge in [0.25, 0.3) is 0 Å². The number of carbonyl (C=O) groups is 3. The summed E-state index contributed by atoms with van der Waals surface area (Å²) in [6, 6.07) is 0. The maximum absolute atomic E-state index is 12.8. The lowest BCUT2D eigenvalue weighted by Crippen LogP contribution is -2.30. The summed E-state index contributed by atoms with van der Waals surface area (Å²) in [6.45, 7) is 6.67. The Morgan fingerprint density at radius 3 is 0.825 bits per heavy atom. The van der Waals surface area contributed by atoms with Crippen molar-refractivity contribution in [3.05, 3.63) is 0 Å². The molecule has 0 aliphatic heterocycles. The molecule has 0 aliphatic rings. The molecule has 1 unspecified atom stereocenters. The van der Waals surface area contributed by atoms with Gasteiger partial charge in [0.05, 0.1) is 0 Å². The first kappa shape index (κ1) is 55.4. The van der Waals surface area contributed by atoms with Crippen LogP contribution in [0.5, 0.6) is 0 Å². The van der Waals surface area contributed by atoms with Crippen LogP contribution in [0, 0.1) is 0 Å². The quantitative estimate of drug-likeness (QED) is 0.0346. The lowest BCUT2D eigenvalue weighted by molar-refractivity contribution is -0.167. The van der Waals surface area contributed by atoms with Gasteiger partial charge in [-0.25, -0.2) is 0 Å². The fourth-order valence-corrected chi connectivity index (χ4v) is 7.74. The number of ether oxygens (including phenoxy) is 3. The van der Waals surface area contributed by atoms with Crippen molar-refractivity contribution in [2.45, 2.75) is 297 Å². The van der Waals surface area contributed by atoms with Crippen LogP contribution in [0.1, 0.15) is 290 Å². The molecule has 0 bridgehead atoms. The van der Waals surface area contributed by atoms with Crippen molar-refractivity contribution in [2.75, 3.05) is 13.2 Å². The normalized spacial score (nSPS) is 11.8. The summed E-state index contributed by atoms with van der Waals surface area (Å²) in [7, 11) is 0. The van der Waals surface area contributed by atoms with Gasteiger partial charge in [-0.3, -0.25) is 14.4 Å². The van der Waals surface area contributed by atoms with E-state index in [9.17, 15) is 14.4 Å². The summed E-state index contributed by atoms with van der Waals surface area (Å²) in [6.07, 6.45) is 49.3. The van der Waals surface area contributed by atoms with Crippen LogP contribution >= 0.6 is 0 Å². The molecule has 1 atom stereocenters. The molecule has 338 valence electrons. The zero-order valence-corrected chi connectivity index (χ0v) is 38.6. The third-order valence-corrected chi connectivity index (χ3v) is 11.6. The van der Waals surface area contributed by atoms with Crippen LogP contribution < -0.4 is 0 Å². The lowest BCUT2D eigenvalue weighted by atomic mass is 10.0. The van der Waals surface area contributed by atoms with Gasteiger partial charge in [-0.05, 0) is 19.3 Å². The predicted octanol–water partition coefficient (Wildman–Crippen LogP) is 16.4. The summed E-state index contributed by atoms with van der Waals surface area (Å²) >= 11 is 0. The average Bonchev–Trinajstić information content (AvgIpc) is 3.21. The molecule has 0 radical (unpaired) electrons. The van der Waals surface area contributed by atoms with E-state index in [1.807, 2.05) is 0 Å². The molecule has 0 rings (SSSR count). The molecule has 0 saturated heterocycles. The van der Waals surface area contributed by atoms with Crippen molar-refractivity contribution >= 4 is 17.9 Å². The molecule has 0 aromatic heterocycles. The van der Waals surface area contributed by atoms with Gasteiger partial charge in [-0.2, -0.15) is 0 Å². The monoisotopic (exact) mass is 809 g/mol. The van der Waals surface area contributed by atoms with E-state index in [0.29, 0.717) is 19.3 Å². The third kappa shape index (κ3) is 45.3. The molecule has 0 saturated carbocycles. The van der Waals surface area contributed by atoms with Gasteiger partial charge in [0.1, 0.15) is 13.2 Å². The molecule has 0 aliphatic carbocycles. The number of carbonyl (C=O) groups excluding carboxylic acids is 3. The van der Waals surface area contributed by atoms with Crippen molar-refractivity contribution in [2.24, 2.45) is 0 Å². The SMILES string of the molecule is CCCCCCCCCCCCCCCC(=O)OCC(COC(=O)CCCCCCCCCCCCCC[14CH3])OC(=O)CCCCCCCCCCCCCCC. The maximum atomic E-state index is 12.8. The van der Waals surface area contributed by atoms with Gasteiger partial charge in [-0.1, -0.05) is 252 Å². The van der Waals surface area contributed by atoms with Gasteiger partial charge in [0.2, 0.25) is 0 Å². The standard InChI is InChI=1S/C51H98O6/c1-4-7-10-13-16-19-22-25-28-31-34-37-40-43-49(52)55-46-48(57-51(54)45-42-39-36-33-30-27-24-21-18-15-12-9-6-3)47-56-50(53)44-41-38-35-32-29-26-23-20-17-14-11-8-5-2/h48H,4-47H2,1-3H3/i1+2. The minimum Gasteiger partial charge on any atom is -0.462 e. The van der Waals surface area contributed by atoms with Crippen LogP contribution in [-0.4, -0.2) is 37.2 Å². The van der Waals surface area contributed by atoms with Crippen molar-refractivity contribution in [1.29, 1.82) is 0 Å². The zero-order valence-electron chi connectivity index (χ0n) is 38.6. The Hall–Kier alpha value is -1.59. The molecule has 0 aromatic carbocycles. The second kappa shape index (κ2) is 47.1. The van der Waals surface area contributed by atoms with Crippen LogP contribution in [0.2, 0.25) is 0 Å². The summed E-state index contributed by atoms with van der Waals surface area (Å²) in [5.41, 5.74) is 0. The van der Waals surface area contributed by atoms with E-state index in [1.54, 1.807) is 0 Å². The molecule has 0 heterocycles. The largest absolute Gasteiger partial charge is 0.462 e. The molecular weight excluding hydrogens is 711 g/mol. The van der Waals surface area contributed by atoms with E-state index >= 15 is 0 Å². The highest BCUT2D eigenvalue weighted by Gasteiger charge is 2.19. The summed E-state index contributed by atoms with van der Waals surface area (Å²) in [5.74, 6) is -0.842. The number of hydrogen-bond acceptors (Lipinski definition) is 6. The van der Waals surface area contributed by atoms with Gasteiger partial charge < -0.3 is 14.2 Å². The van der Waals surface area contributed by atoms with E-state index in [0.717, 1.165) is 57.8 Å². The minimum absolute atomic E-state index is 0.0619. The van der Waals surface area contributed by atoms with Crippen LogP contribution in [0.3, 0.4) is 0 Å². The van der Waals surface area contributed by atoms with E-state index in [1.165, 1.54) is 193 Å². The van der Waals surface area contributed by atoms with Crippen molar-refractivity contribution < 1.29 is 28.6 Å². The molecule has 0 N–H and O–H groups in total. The van der Waals surface area contributed by atoms with Crippen LogP contribution in [-0.2, 0) is 28.6 Å². The Kier molecular flexibility index (Phi) is 45.8. The second-order valence-electron chi connectivity index (χ2n) is 17.5. The van der Waals surface area contributed by atoms with E-state index < -0.39 is 6.10 Å². The van der Waals surface area contributed by atoms with E-state index in [2.05, 4.69) is 20.8 Å². The molecule has 6 nitrogen and oxygen atoms in total. The van der Waals surface area contributed by atoms with Crippen molar-refractivity contribution in [1.82, 2.24) is 0 Å². The number of hydrogen-bond donors (Lipinski definition) is 0. The predicted molar refractivity (Wildman–Crippen MR) is 243 cm³/mol. The van der Waals surface area contributed by atoms with Gasteiger partial charge >= 0.3 is 17.9 Å². The van der Waals surface area contributed by atoms with Gasteiger partial charge in [0.15, 0.2) is 6.10 Å². The molecule has 0 amide bonds. The second-order valence-corrected chi connectivity index (χ2v) is 17.5. The van der Waals surface area contributed by atoms with Gasteiger partial charge in [0, 0.05) is 19.3 Å². The van der Waals surface area contributed by atoms with E-state index in [-0.39, 0.29) is 31.1 Å². The molecule has 0 fully saturated rings. The average molecular weight is 809 g/mol. The Labute approximate surface area is 355 Å².